The number of nitrogens with one attached hydrogen (secondary N) is 1. The van der Waals surface area contributed by atoms with Crippen molar-refractivity contribution in [3.63, 3.8) is 0 Å². The van der Waals surface area contributed by atoms with Gasteiger partial charge in [-0.15, -0.1) is 10.2 Å². The molecule has 0 aliphatic carbocycles. The van der Waals surface area contributed by atoms with E-state index in [9.17, 15) is 0 Å². The highest BCUT2D eigenvalue weighted by Crippen LogP contribution is 2.37. The van der Waals surface area contributed by atoms with Crippen molar-refractivity contribution in [1.29, 1.82) is 0 Å². The Hall–Kier alpha value is -0.990. The number of benzene rings is 1. The first-order valence-electron chi connectivity index (χ1n) is 6.90. The van der Waals surface area contributed by atoms with Crippen LogP contribution in [0.5, 0.6) is 11.5 Å². The van der Waals surface area contributed by atoms with Crippen molar-refractivity contribution in [1.82, 2.24) is 10.2 Å². The first kappa shape index (κ1) is 17.4. The lowest BCUT2D eigenvalue weighted by Gasteiger charge is -2.13. The van der Waals surface area contributed by atoms with Crippen LogP contribution >= 0.6 is 39.0 Å². The molecule has 0 saturated heterocycles. The molecule has 0 amide bonds. The van der Waals surface area contributed by atoms with Gasteiger partial charge in [0.15, 0.2) is 15.8 Å². The van der Waals surface area contributed by atoms with E-state index in [1.54, 1.807) is 23.1 Å². The van der Waals surface area contributed by atoms with Crippen molar-refractivity contribution in [3.8, 4) is 11.5 Å². The molecule has 8 heteroatoms. The number of ether oxygens (including phenoxy) is 2. The number of hydrogen-bond donors (Lipinski definition) is 1. The van der Waals surface area contributed by atoms with Crippen LogP contribution in [0.4, 0.5) is 5.13 Å². The Labute approximate surface area is 146 Å². The Kier molecular flexibility index (Phi) is 6.78. The third-order valence-corrected chi connectivity index (χ3v) is 5.55. The minimum Gasteiger partial charge on any atom is -0.490 e. The second-order valence-electron chi connectivity index (χ2n) is 4.17. The van der Waals surface area contributed by atoms with Crippen LogP contribution < -0.4 is 14.8 Å². The molecule has 1 aromatic heterocycles. The fourth-order valence-corrected chi connectivity index (χ4v) is 4.08. The van der Waals surface area contributed by atoms with Crippen molar-refractivity contribution >= 4 is 44.2 Å². The Morgan fingerprint density at radius 1 is 1.18 bits per heavy atom. The quantitative estimate of drug-likeness (QED) is 0.657. The molecule has 0 fully saturated rings. The summed E-state index contributed by atoms with van der Waals surface area (Å²) >= 11 is 6.79. The molecule has 2 aromatic rings. The van der Waals surface area contributed by atoms with Crippen LogP contribution in [-0.4, -0.2) is 30.5 Å². The number of thioether (sulfide) groups is 1. The van der Waals surface area contributed by atoms with Crippen LogP contribution in [0.2, 0.25) is 0 Å². The summed E-state index contributed by atoms with van der Waals surface area (Å²) in [6.07, 6.45) is 0. The monoisotopic (exact) mass is 403 g/mol. The molecule has 0 bridgehead atoms. The Morgan fingerprint density at radius 2 is 1.86 bits per heavy atom. The maximum atomic E-state index is 5.67. The minimum absolute atomic E-state index is 0.607. The van der Waals surface area contributed by atoms with Gasteiger partial charge in [0, 0.05) is 17.3 Å². The normalized spacial score (nSPS) is 10.5. The van der Waals surface area contributed by atoms with E-state index >= 15 is 0 Å². The zero-order chi connectivity index (χ0) is 15.9. The number of nitrogens with zero attached hydrogens (tertiary/aromatic N) is 2. The van der Waals surface area contributed by atoms with E-state index in [1.807, 2.05) is 33.0 Å². The van der Waals surface area contributed by atoms with Gasteiger partial charge in [0.1, 0.15) is 0 Å². The molecule has 0 radical (unpaired) electrons. The lowest BCUT2D eigenvalue weighted by atomic mass is 10.2. The van der Waals surface area contributed by atoms with E-state index in [4.69, 9.17) is 9.47 Å². The van der Waals surface area contributed by atoms with E-state index in [2.05, 4.69) is 31.4 Å². The van der Waals surface area contributed by atoms with Gasteiger partial charge in [-0.2, -0.15) is 0 Å². The molecule has 0 spiro atoms. The molecule has 0 aliphatic rings. The summed E-state index contributed by atoms with van der Waals surface area (Å²) < 4.78 is 13.2. The average molecular weight is 404 g/mol. The highest BCUT2D eigenvalue weighted by atomic mass is 79.9. The third kappa shape index (κ3) is 4.50. The first-order chi connectivity index (χ1) is 10.7. The predicted molar refractivity (Wildman–Crippen MR) is 95.5 cm³/mol. The maximum Gasteiger partial charge on any atom is 0.206 e. The van der Waals surface area contributed by atoms with Crippen molar-refractivity contribution in [3.05, 3.63) is 22.2 Å². The van der Waals surface area contributed by atoms with Gasteiger partial charge in [-0.25, -0.2) is 0 Å². The number of halogens is 1. The SMILES string of the molecule is CCOc1cc(Br)c(CSc2nnc(NC)s2)cc1OCC. The van der Waals surface area contributed by atoms with Crippen molar-refractivity contribution < 1.29 is 9.47 Å². The van der Waals surface area contributed by atoms with Crippen LogP contribution in [0.15, 0.2) is 20.9 Å². The number of anilines is 1. The van der Waals surface area contributed by atoms with E-state index in [1.165, 1.54) is 0 Å². The van der Waals surface area contributed by atoms with Crippen molar-refractivity contribution in [2.24, 2.45) is 0 Å². The van der Waals surface area contributed by atoms with E-state index in [0.29, 0.717) is 13.2 Å². The second-order valence-corrected chi connectivity index (χ2v) is 7.22. The molecule has 22 heavy (non-hydrogen) atoms. The lowest BCUT2D eigenvalue weighted by molar-refractivity contribution is 0.287. The van der Waals surface area contributed by atoms with Gasteiger partial charge >= 0.3 is 0 Å². The van der Waals surface area contributed by atoms with E-state index in [-0.39, 0.29) is 0 Å². The van der Waals surface area contributed by atoms with Crippen LogP contribution in [-0.2, 0) is 5.75 Å². The fraction of sp³-hybridized carbons (Fsp3) is 0.429. The number of aromatic nitrogens is 2. The fourth-order valence-electron chi connectivity index (χ4n) is 1.73. The molecular weight excluding hydrogens is 386 g/mol. The van der Waals surface area contributed by atoms with E-state index in [0.717, 1.165) is 36.8 Å². The molecule has 0 saturated carbocycles. The minimum atomic E-state index is 0.607. The standard InChI is InChI=1S/C14H18BrN3O2S2/c1-4-19-11-6-9(10(15)7-12(11)20-5-2)8-21-14-18-17-13(16-3)22-14/h6-7H,4-5,8H2,1-3H3,(H,16,17). The summed E-state index contributed by atoms with van der Waals surface area (Å²) in [4.78, 5) is 0. The number of hydrogen-bond acceptors (Lipinski definition) is 7. The molecule has 0 atom stereocenters. The molecule has 2 rings (SSSR count). The molecule has 0 aliphatic heterocycles. The average Bonchev–Trinajstić information content (AvgIpc) is 2.97. The van der Waals surface area contributed by atoms with Gasteiger partial charge in [-0.3, -0.25) is 0 Å². The Morgan fingerprint density at radius 3 is 2.45 bits per heavy atom. The van der Waals surface area contributed by atoms with Crippen molar-refractivity contribution in [2.45, 2.75) is 23.9 Å². The molecule has 120 valence electrons. The maximum absolute atomic E-state index is 5.67. The molecule has 1 aromatic carbocycles. The summed E-state index contributed by atoms with van der Waals surface area (Å²) in [6, 6.07) is 3.98. The summed E-state index contributed by atoms with van der Waals surface area (Å²) in [6.45, 7) is 5.14. The second kappa shape index (κ2) is 8.59. The smallest absolute Gasteiger partial charge is 0.206 e. The Bertz CT molecular complexity index is 622. The van der Waals surface area contributed by atoms with Crippen LogP contribution in [0.25, 0.3) is 0 Å². The molecular formula is C14H18BrN3O2S2. The van der Waals surface area contributed by atoms with E-state index < -0.39 is 0 Å². The lowest BCUT2D eigenvalue weighted by Crippen LogP contribution is -1.99. The summed E-state index contributed by atoms with van der Waals surface area (Å²) in [5, 5.41) is 12.0. The number of rotatable bonds is 8. The van der Waals surface area contributed by atoms with Gasteiger partial charge in [0.2, 0.25) is 5.13 Å². The summed E-state index contributed by atoms with van der Waals surface area (Å²) in [5.41, 5.74) is 1.14. The van der Waals surface area contributed by atoms with Crippen LogP contribution in [0.3, 0.4) is 0 Å². The predicted octanol–water partition coefficient (Wildman–Crippen LogP) is 4.43. The highest BCUT2D eigenvalue weighted by Gasteiger charge is 2.12. The third-order valence-electron chi connectivity index (χ3n) is 2.68. The van der Waals surface area contributed by atoms with Gasteiger partial charge in [0.05, 0.1) is 13.2 Å². The highest BCUT2D eigenvalue weighted by molar-refractivity contribution is 9.10. The summed E-state index contributed by atoms with van der Waals surface area (Å²) in [5.74, 6) is 2.32. The molecule has 0 unspecified atom stereocenters. The largest absolute Gasteiger partial charge is 0.490 e. The van der Waals surface area contributed by atoms with Crippen LogP contribution in [0, 0.1) is 0 Å². The molecule has 5 nitrogen and oxygen atoms in total. The zero-order valence-corrected chi connectivity index (χ0v) is 15.9. The zero-order valence-electron chi connectivity index (χ0n) is 12.7. The summed E-state index contributed by atoms with van der Waals surface area (Å²) in [7, 11) is 1.84. The van der Waals surface area contributed by atoms with Gasteiger partial charge < -0.3 is 14.8 Å². The topological polar surface area (TPSA) is 56.3 Å². The molecule has 1 heterocycles. The van der Waals surface area contributed by atoms with Gasteiger partial charge in [0.25, 0.3) is 0 Å². The Balaban J connectivity index is 2.13. The molecule has 1 N–H and O–H groups in total. The van der Waals surface area contributed by atoms with Gasteiger partial charge in [-0.05, 0) is 31.5 Å². The van der Waals surface area contributed by atoms with Crippen molar-refractivity contribution in [2.75, 3.05) is 25.6 Å². The van der Waals surface area contributed by atoms with Gasteiger partial charge in [-0.1, -0.05) is 39.0 Å². The first-order valence-corrected chi connectivity index (χ1v) is 9.49. The van der Waals surface area contributed by atoms with Crippen LogP contribution in [0.1, 0.15) is 19.4 Å².